The maximum Gasteiger partial charge on any atom is 0.322 e. The number of carbonyl (C=O) groups excluding carboxylic acids is 3. The summed E-state index contributed by atoms with van der Waals surface area (Å²) in [5.74, 6) is -0.233. The van der Waals surface area contributed by atoms with Gasteiger partial charge in [-0.15, -0.1) is 0 Å². The third-order valence-electron chi connectivity index (χ3n) is 7.00. The molecular weight excluding hydrogens is 455 g/mol. The van der Waals surface area contributed by atoms with Crippen LogP contribution in [0.2, 0.25) is 10.0 Å². The minimum atomic E-state index is -0.645. The molecule has 0 bridgehead atoms. The topological polar surface area (TPSA) is 93.2 Å². The first-order valence-electron chi connectivity index (χ1n) is 11.0. The molecule has 1 aromatic rings. The van der Waals surface area contributed by atoms with Crippen LogP contribution in [0.3, 0.4) is 0 Å². The van der Waals surface area contributed by atoms with E-state index in [4.69, 9.17) is 23.2 Å². The van der Waals surface area contributed by atoms with E-state index in [1.165, 1.54) is 4.90 Å². The molecule has 1 aliphatic carbocycles. The fourth-order valence-corrected chi connectivity index (χ4v) is 4.87. The van der Waals surface area contributed by atoms with Crippen molar-refractivity contribution in [3.63, 3.8) is 0 Å². The van der Waals surface area contributed by atoms with Crippen molar-refractivity contribution >= 4 is 46.7 Å². The van der Waals surface area contributed by atoms with Gasteiger partial charge >= 0.3 is 6.03 Å². The van der Waals surface area contributed by atoms with Crippen molar-refractivity contribution in [1.82, 2.24) is 14.7 Å². The Kier molecular flexibility index (Phi) is 6.56. The summed E-state index contributed by atoms with van der Waals surface area (Å²) >= 11 is 11.9. The number of hydrogen-bond acceptors (Lipinski definition) is 4. The number of aliphatic hydroxyl groups is 1. The van der Waals surface area contributed by atoms with Gasteiger partial charge in [-0.2, -0.15) is 0 Å². The zero-order valence-electron chi connectivity index (χ0n) is 18.0. The third-order valence-corrected chi connectivity index (χ3v) is 7.74. The highest BCUT2D eigenvalue weighted by Gasteiger charge is 2.51. The zero-order chi connectivity index (χ0) is 23.0. The number of likely N-dealkylation sites (tertiary alicyclic amines) is 1. The van der Waals surface area contributed by atoms with Crippen molar-refractivity contribution in [2.45, 2.75) is 44.8 Å². The molecule has 2 atom stereocenters. The van der Waals surface area contributed by atoms with Crippen molar-refractivity contribution in [3.05, 3.63) is 28.2 Å². The largest absolute Gasteiger partial charge is 0.391 e. The van der Waals surface area contributed by atoms with E-state index >= 15 is 0 Å². The Morgan fingerprint density at radius 2 is 1.91 bits per heavy atom. The maximum atomic E-state index is 12.8. The standard InChI is InChI=1S/C22H28Cl2N4O4/c1-14-20(31)26(8-4-19(30)27-9-7-22(5-6-22)18(29)13-27)10-11-28(14)21(32)25-15-2-3-16(23)17(24)12-15/h2-3,12,14,18,29H,4-11,13H2,1H3,(H,25,32). The minimum Gasteiger partial charge on any atom is -0.391 e. The molecular formula is C22H28Cl2N4O4. The van der Waals surface area contributed by atoms with Crippen LogP contribution in [-0.4, -0.2) is 82.5 Å². The normalized spacial score (nSPS) is 24.6. The van der Waals surface area contributed by atoms with Crippen LogP contribution in [0, 0.1) is 5.41 Å². The van der Waals surface area contributed by atoms with Crippen LogP contribution in [0.5, 0.6) is 0 Å². The molecule has 1 saturated carbocycles. The lowest BCUT2D eigenvalue weighted by Gasteiger charge is -2.40. The third kappa shape index (κ3) is 4.67. The van der Waals surface area contributed by atoms with Gasteiger partial charge in [0, 0.05) is 44.8 Å². The molecule has 174 valence electrons. The Balaban J connectivity index is 1.27. The molecule has 3 fully saturated rings. The van der Waals surface area contributed by atoms with Crippen molar-refractivity contribution < 1.29 is 19.5 Å². The average molecular weight is 483 g/mol. The Morgan fingerprint density at radius 1 is 1.16 bits per heavy atom. The van der Waals surface area contributed by atoms with Gasteiger partial charge in [0.1, 0.15) is 6.04 Å². The number of benzene rings is 1. The molecule has 0 aromatic heterocycles. The number of hydrogen-bond donors (Lipinski definition) is 2. The van der Waals surface area contributed by atoms with Crippen molar-refractivity contribution in [2.24, 2.45) is 5.41 Å². The molecule has 10 heteroatoms. The highest BCUT2D eigenvalue weighted by Crippen LogP contribution is 2.53. The summed E-state index contributed by atoms with van der Waals surface area (Å²) in [5, 5.41) is 13.8. The fraction of sp³-hybridized carbons (Fsp3) is 0.591. The lowest BCUT2D eigenvalue weighted by atomic mass is 9.90. The highest BCUT2D eigenvalue weighted by molar-refractivity contribution is 6.42. The molecule has 1 aromatic carbocycles. The second-order valence-electron chi connectivity index (χ2n) is 8.97. The molecule has 2 unspecified atom stereocenters. The van der Waals surface area contributed by atoms with Gasteiger partial charge in [-0.1, -0.05) is 23.2 Å². The van der Waals surface area contributed by atoms with Crippen LogP contribution in [0.1, 0.15) is 32.6 Å². The first-order chi connectivity index (χ1) is 15.2. The Labute approximate surface area is 197 Å². The van der Waals surface area contributed by atoms with Crippen LogP contribution in [0.25, 0.3) is 0 Å². The van der Waals surface area contributed by atoms with Crippen molar-refractivity contribution in [2.75, 3.05) is 38.0 Å². The van der Waals surface area contributed by atoms with Crippen LogP contribution < -0.4 is 5.32 Å². The van der Waals surface area contributed by atoms with Crippen molar-refractivity contribution in [1.29, 1.82) is 0 Å². The number of urea groups is 1. The van der Waals surface area contributed by atoms with E-state index < -0.39 is 18.2 Å². The van der Waals surface area contributed by atoms with Crippen LogP contribution >= 0.6 is 23.2 Å². The maximum absolute atomic E-state index is 12.8. The van der Waals surface area contributed by atoms with Gasteiger partial charge in [-0.25, -0.2) is 4.79 Å². The number of nitrogens with zero attached hydrogens (tertiary/aromatic N) is 3. The number of halogens is 2. The summed E-state index contributed by atoms with van der Waals surface area (Å²) in [6.07, 6.45) is 2.71. The molecule has 2 heterocycles. The summed E-state index contributed by atoms with van der Waals surface area (Å²) in [6, 6.07) is 3.75. The summed E-state index contributed by atoms with van der Waals surface area (Å²) in [6.45, 7) is 3.76. The van der Waals surface area contributed by atoms with E-state index in [-0.39, 0.29) is 23.7 Å². The number of amides is 4. The summed E-state index contributed by atoms with van der Waals surface area (Å²) in [4.78, 5) is 42.9. The molecule has 4 rings (SSSR count). The van der Waals surface area contributed by atoms with Crippen LogP contribution in [-0.2, 0) is 9.59 Å². The summed E-state index contributed by atoms with van der Waals surface area (Å²) < 4.78 is 0. The number of nitrogens with one attached hydrogen (secondary N) is 1. The van der Waals surface area contributed by atoms with E-state index in [1.807, 2.05) is 0 Å². The molecule has 2 N–H and O–H groups in total. The Bertz CT molecular complexity index is 923. The molecule has 1 spiro atoms. The fourth-order valence-electron chi connectivity index (χ4n) is 4.58. The molecule has 2 saturated heterocycles. The molecule has 3 aliphatic rings. The average Bonchev–Trinajstić information content (AvgIpc) is 3.54. The Hall–Kier alpha value is -2.03. The smallest absolute Gasteiger partial charge is 0.322 e. The number of carbonyl (C=O) groups is 3. The van der Waals surface area contributed by atoms with Gasteiger partial charge in [0.25, 0.3) is 0 Å². The van der Waals surface area contributed by atoms with Gasteiger partial charge in [0.15, 0.2) is 0 Å². The number of aliphatic hydroxyl groups excluding tert-OH is 1. The van der Waals surface area contributed by atoms with E-state index in [1.54, 1.807) is 34.9 Å². The summed E-state index contributed by atoms with van der Waals surface area (Å²) in [5.41, 5.74) is 0.546. The first kappa shape index (κ1) is 23.1. The monoisotopic (exact) mass is 482 g/mol. The zero-order valence-corrected chi connectivity index (χ0v) is 19.5. The van der Waals surface area contributed by atoms with E-state index in [0.29, 0.717) is 48.5 Å². The number of anilines is 1. The number of piperidine rings is 1. The van der Waals surface area contributed by atoms with Gasteiger partial charge in [0.2, 0.25) is 11.8 Å². The lowest BCUT2D eigenvalue weighted by molar-refractivity contribution is -0.141. The summed E-state index contributed by atoms with van der Waals surface area (Å²) in [7, 11) is 0. The molecule has 32 heavy (non-hydrogen) atoms. The van der Waals surface area contributed by atoms with Crippen LogP contribution in [0.15, 0.2) is 18.2 Å². The van der Waals surface area contributed by atoms with Gasteiger partial charge in [-0.05, 0) is 49.8 Å². The SMILES string of the molecule is CC1C(=O)N(CCC(=O)N2CCC3(CC3)C(O)C2)CCN1C(=O)Nc1ccc(Cl)c(Cl)c1. The molecule has 0 radical (unpaired) electrons. The van der Waals surface area contributed by atoms with E-state index in [2.05, 4.69) is 5.32 Å². The number of piperazine rings is 1. The molecule has 8 nitrogen and oxygen atoms in total. The lowest BCUT2D eigenvalue weighted by Crippen LogP contribution is -2.58. The predicted octanol–water partition coefficient (Wildman–Crippen LogP) is 2.82. The first-order valence-corrected chi connectivity index (χ1v) is 11.7. The van der Waals surface area contributed by atoms with E-state index in [0.717, 1.165) is 19.3 Å². The van der Waals surface area contributed by atoms with Crippen LogP contribution in [0.4, 0.5) is 10.5 Å². The molecule has 4 amide bonds. The number of rotatable bonds is 4. The number of β-amino-alcohol motifs (C(OH)–C–C–N with tert-alkyl or cyclic N) is 1. The second kappa shape index (κ2) is 9.08. The minimum absolute atomic E-state index is 0.0419. The predicted molar refractivity (Wildman–Crippen MR) is 122 cm³/mol. The Morgan fingerprint density at radius 3 is 2.56 bits per heavy atom. The second-order valence-corrected chi connectivity index (χ2v) is 9.79. The molecule has 2 aliphatic heterocycles. The van der Waals surface area contributed by atoms with Gasteiger partial charge in [-0.3, -0.25) is 9.59 Å². The van der Waals surface area contributed by atoms with Gasteiger partial charge < -0.3 is 25.1 Å². The quantitative estimate of drug-likeness (QED) is 0.689. The van der Waals surface area contributed by atoms with E-state index in [9.17, 15) is 19.5 Å². The highest BCUT2D eigenvalue weighted by atomic mass is 35.5. The van der Waals surface area contributed by atoms with Gasteiger partial charge in [0.05, 0.1) is 16.1 Å². The van der Waals surface area contributed by atoms with Crippen molar-refractivity contribution in [3.8, 4) is 0 Å².